The predicted molar refractivity (Wildman–Crippen MR) is 74.8 cm³/mol. The Bertz CT molecular complexity index is 389. The van der Waals surface area contributed by atoms with Gasteiger partial charge >= 0.3 is 0 Å². The lowest BCUT2D eigenvalue weighted by Crippen LogP contribution is -2.08. The van der Waals surface area contributed by atoms with Gasteiger partial charge in [-0.15, -0.1) is 0 Å². The standard InChI is InChI=1S/C14H19BrO3/c1-16-10-5-6-14(17-2)12(8-10)13(15)9-11-4-3-7-18-11/h5-6,8,11,13H,3-4,7,9H2,1-2H3. The van der Waals surface area contributed by atoms with Gasteiger partial charge < -0.3 is 14.2 Å². The van der Waals surface area contributed by atoms with Gasteiger partial charge in [0.25, 0.3) is 0 Å². The summed E-state index contributed by atoms with van der Waals surface area (Å²) in [5, 5.41) is 0. The monoisotopic (exact) mass is 314 g/mol. The zero-order valence-corrected chi connectivity index (χ0v) is 12.4. The van der Waals surface area contributed by atoms with Gasteiger partial charge in [0, 0.05) is 17.0 Å². The number of hydrogen-bond acceptors (Lipinski definition) is 3. The third kappa shape index (κ3) is 3.18. The SMILES string of the molecule is COc1ccc(OC)c(C(Br)CC2CCCO2)c1. The van der Waals surface area contributed by atoms with Gasteiger partial charge in [-0.05, 0) is 37.5 Å². The number of hydrogen-bond donors (Lipinski definition) is 0. The van der Waals surface area contributed by atoms with Crippen LogP contribution in [0.4, 0.5) is 0 Å². The van der Waals surface area contributed by atoms with Crippen LogP contribution in [0.2, 0.25) is 0 Å². The molecule has 1 fully saturated rings. The molecule has 100 valence electrons. The minimum atomic E-state index is 0.227. The molecule has 1 aromatic rings. The fourth-order valence-electron chi connectivity index (χ4n) is 2.27. The van der Waals surface area contributed by atoms with Crippen molar-refractivity contribution in [1.29, 1.82) is 0 Å². The van der Waals surface area contributed by atoms with E-state index in [4.69, 9.17) is 14.2 Å². The van der Waals surface area contributed by atoms with Gasteiger partial charge in [0.1, 0.15) is 11.5 Å². The summed E-state index contributed by atoms with van der Waals surface area (Å²) in [6.07, 6.45) is 3.63. The smallest absolute Gasteiger partial charge is 0.123 e. The number of benzene rings is 1. The summed E-state index contributed by atoms with van der Waals surface area (Å²) in [6.45, 7) is 0.889. The van der Waals surface area contributed by atoms with Crippen LogP contribution in [0.25, 0.3) is 0 Å². The second kappa shape index (κ2) is 6.43. The molecule has 0 spiro atoms. The highest BCUT2D eigenvalue weighted by molar-refractivity contribution is 9.09. The van der Waals surface area contributed by atoms with Crippen molar-refractivity contribution >= 4 is 15.9 Å². The Balaban J connectivity index is 2.13. The highest BCUT2D eigenvalue weighted by atomic mass is 79.9. The second-order valence-corrected chi connectivity index (χ2v) is 5.55. The molecule has 0 aromatic heterocycles. The number of methoxy groups -OCH3 is 2. The van der Waals surface area contributed by atoms with Crippen LogP contribution in [0, 0.1) is 0 Å². The van der Waals surface area contributed by atoms with Crippen molar-refractivity contribution in [3.05, 3.63) is 23.8 Å². The topological polar surface area (TPSA) is 27.7 Å². The molecule has 1 saturated heterocycles. The molecule has 1 aliphatic heterocycles. The molecule has 0 saturated carbocycles. The van der Waals surface area contributed by atoms with Crippen LogP contribution in [0.3, 0.4) is 0 Å². The molecule has 0 aliphatic carbocycles. The largest absolute Gasteiger partial charge is 0.497 e. The van der Waals surface area contributed by atoms with Crippen LogP contribution in [-0.2, 0) is 4.74 Å². The van der Waals surface area contributed by atoms with E-state index < -0.39 is 0 Å². The fourth-order valence-corrected chi connectivity index (χ4v) is 3.05. The Morgan fingerprint density at radius 2 is 2.22 bits per heavy atom. The summed E-state index contributed by atoms with van der Waals surface area (Å²) in [4.78, 5) is 0.227. The Hall–Kier alpha value is -0.740. The number of rotatable bonds is 5. The number of halogens is 1. The van der Waals surface area contributed by atoms with Gasteiger partial charge in [-0.2, -0.15) is 0 Å². The summed E-state index contributed by atoms with van der Waals surface area (Å²) < 4.78 is 16.3. The van der Waals surface area contributed by atoms with Crippen molar-refractivity contribution < 1.29 is 14.2 Å². The maximum absolute atomic E-state index is 5.67. The first-order valence-corrected chi connectivity index (χ1v) is 7.13. The third-order valence-electron chi connectivity index (χ3n) is 3.27. The Labute approximate surface area is 117 Å². The molecule has 2 rings (SSSR count). The summed E-state index contributed by atoms with van der Waals surface area (Å²) in [7, 11) is 3.37. The normalized spacial score (nSPS) is 20.7. The predicted octanol–water partition coefficient (Wildman–Crippen LogP) is 3.71. The molecule has 18 heavy (non-hydrogen) atoms. The highest BCUT2D eigenvalue weighted by Gasteiger charge is 2.22. The van der Waals surface area contributed by atoms with Crippen LogP contribution >= 0.6 is 15.9 Å². The van der Waals surface area contributed by atoms with E-state index in [1.165, 1.54) is 6.42 Å². The van der Waals surface area contributed by atoms with Gasteiger partial charge in [0.15, 0.2) is 0 Å². The van der Waals surface area contributed by atoms with Gasteiger partial charge in [-0.1, -0.05) is 15.9 Å². The van der Waals surface area contributed by atoms with E-state index in [0.717, 1.165) is 36.5 Å². The highest BCUT2D eigenvalue weighted by Crippen LogP contribution is 2.38. The van der Waals surface area contributed by atoms with Crippen molar-refractivity contribution in [2.45, 2.75) is 30.2 Å². The summed E-state index contributed by atoms with van der Waals surface area (Å²) in [6, 6.07) is 5.87. The molecule has 1 aliphatic rings. The summed E-state index contributed by atoms with van der Waals surface area (Å²) in [5.41, 5.74) is 1.12. The van der Waals surface area contributed by atoms with Crippen molar-refractivity contribution in [2.24, 2.45) is 0 Å². The maximum Gasteiger partial charge on any atom is 0.123 e. The zero-order valence-electron chi connectivity index (χ0n) is 10.8. The van der Waals surface area contributed by atoms with Crippen LogP contribution in [0.15, 0.2) is 18.2 Å². The number of ether oxygens (including phenoxy) is 3. The lowest BCUT2D eigenvalue weighted by molar-refractivity contribution is 0.104. The molecule has 4 heteroatoms. The van der Waals surface area contributed by atoms with Crippen molar-refractivity contribution in [3.63, 3.8) is 0 Å². The molecule has 2 unspecified atom stereocenters. The van der Waals surface area contributed by atoms with Crippen molar-refractivity contribution in [3.8, 4) is 11.5 Å². The van der Waals surface area contributed by atoms with Crippen molar-refractivity contribution in [1.82, 2.24) is 0 Å². The van der Waals surface area contributed by atoms with E-state index in [1.54, 1.807) is 14.2 Å². The quantitative estimate of drug-likeness (QED) is 0.775. The minimum absolute atomic E-state index is 0.227. The molecule has 2 atom stereocenters. The molecule has 3 nitrogen and oxygen atoms in total. The van der Waals surface area contributed by atoms with E-state index >= 15 is 0 Å². The van der Waals surface area contributed by atoms with Crippen LogP contribution in [0.1, 0.15) is 29.7 Å². The van der Waals surface area contributed by atoms with Crippen LogP contribution < -0.4 is 9.47 Å². The molecule has 0 radical (unpaired) electrons. The molecular formula is C14H19BrO3. The zero-order chi connectivity index (χ0) is 13.0. The molecule has 1 heterocycles. The lowest BCUT2D eigenvalue weighted by atomic mass is 10.0. The first-order chi connectivity index (χ1) is 8.74. The van der Waals surface area contributed by atoms with Crippen LogP contribution in [0.5, 0.6) is 11.5 Å². The van der Waals surface area contributed by atoms with Gasteiger partial charge in [-0.25, -0.2) is 0 Å². The molecule has 1 aromatic carbocycles. The first kappa shape index (κ1) is 13.7. The van der Waals surface area contributed by atoms with E-state index in [-0.39, 0.29) is 4.83 Å². The molecule has 0 bridgehead atoms. The summed E-state index contributed by atoms with van der Waals surface area (Å²) >= 11 is 3.74. The van der Waals surface area contributed by atoms with Gasteiger partial charge in [-0.3, -0.25) is 0 Å². The summed E-state index contributed by atoms with van der Waals surface area (Å²) in [5.74, 6) is 1.73. The Morgan fingerprint density at radius 1 is 1.39 bits per heavy atom. The van der Waals surface area contributed by atoms with E-state index in [9.17, 15) is 0 Å². The van der Waals surface area contributed by atoms with E-state index in [1.807, 2.05) is 18.2 Å². The molecule has 0 amide bonds. The average molecular weight is 315 g/mol. The van der Waals surface area contributed by atoms with E-state index in [0.29, 0.717) is 6.10 Å². The molecular weight excluding hydrogens is 296 g/mol. The van der Waals surface area contributed by atoms with E-state index in [2.05, 4.69) is 15.9 Å². The fraction of sp³-hybridized carbons (Fsp3) is 0.571. The van der Waals surface area contributed by atoms with Gasteiger partial charge in [0.05, 0.1) is 20.3 Å². The van der Waals surface area contributed by atoms with Gasteiger partial charge in [0.2, 0.25) is 0 Å². The average Bonchev–Trinajstić information content (AvgIpc) is 2.90. The Morgan fingerprint density at radius 3 is 2.83 bits per heavy atom. The molecule has 0 N–H and O–H groups in total. The van der Waals surface area contributed by atoms with Crippen LogP contribution in [-0.4, -0.2) is 26.9 Å². The third-order valence-corrected chi connectivity index (χ3v) is 4.14. The maximum atomic E-state index is 5.67. The first-order valence-electron chi connectivity index (χ1n) is 6.22. The van der Waals surface area contributed by atoms with Crippen molar-refractivity contribution in [2.75, 3.05) is 20.8 Å². The Kier molecular flexibility index (Phi) is 4.89. The minimum Gasteiger partial charge on any atom is -0.497 e. The lowest BCUT2D eigenvalue weighted by Gasteiger charge is -2.18. The number of alkyl halides is 1. The second-order valence-electron chi connectivity index (χ2n) is 4.45.